The van der Waals surface area contributed by atoms with Gasteiger partial charge in [-0.25, -0.2) is 4.79 Å². The van der Waals surface area contributed by atoms with Crippen molar-refractivity contribution in [2.24, 2.45) is 0 Å². The first-order chi connectivity index (χ1) is 5.70. The normalized spacial score (nSPS) is 14.2. The zero-order valence-electron chi connectivity index (χ0n) is 6.07. The molecule has 0 bridgehead atoms. The molecular weight excluding hydrogens is 160 g/mol. The summed E-state index contributed by atoms with van der Waals surface area (Å²) in [5.74, 6) is -0.752. The number of rotatable bonds is 0. The number of ether oxygens (including phenoxy) is 1. The SMILES string of the molecule is O=C1OCc2c(O)ccc(O)c21. The highest BCUT2D eigenvalue weighted by Crippen LogP contribution is 2.34. The van der Waals surface area contributed by atoms with E-state index in [1.165, 1.54) is 12.1 Å². The van der Waals surface area contributed by atoms with Crippen LogP contribution in [0.1, 0.15) is 15.9 Å². The lowest BCUT2D eigenvalue weighted by Gasteiger charge is -1.99. The van der Waals surface area contributed by atoms with E-state index < -0.39 is 5.97 Å². The van der Waals surface area contributed by atoms with Crippen LogP contribution in [0.15, 0.2) is 12.1 Å². The fourth-order valence-electron chi connectivity index (χ4n) is 1.21. The predicted octanol–water partition coefficient (Wildman–Crippen LogP) is 0.768. The number of phenolic OH excluding ortho intramolecular Hbond substituents is 2. The third-order valence-corrected chi connectivity index (χ3v) is 1.82. The molecule has 62 valence electrons. The molecule has 1 aliphatic rings. The van der Waals surface area contributed by atoms with Crippen molar-refractivity contribution in [2.75, 3.05) is 0 Å². The monoisotopic (exact) mass is 166 g/mol. The van der Waals surface area contributed by atoms with E-state index in [2.05, 4.69) is 4.74 Å². The van der Waals surface area contributed by atoms with Gasteiger partial charge in [0.2, 0.25) is 0 Å². The molecule has 2 rings (SSSR count). The molecule has 4 heteroatoms. The van der Waals surface area contributed by atoms with Crippen LogP contribution in [0.25, 0.3) is 0 Å². The second-order valence-corrected chi connectivity index (χ2v) is 2.53. The van der Waals surface area contributed by atoms with Gasteiger partial charge in [0.1, 0.15) is 23.7 Å². The maximum atomic E-state index is 10.9. The Hall–Kier alpha value is -1.71. The molecule has 0 aliphatic carbocycles. The van der Waals surface area contributed by atoms with Gasteiger partial charge >= 0.3 is 5.97 Å². The highest BCUT2D eigenvalue weighted by atomic mass is 16.5. The second-order valence-electron chi connectivity index (χ2n) is 2.53. The summed E-state index contributed by atoms with van der Waals surface area (Å²) in [4.78, 5) is 10.9. The minimum Gasteiger partial charge on any atom is -0.508 e. The molecule has 0 fully saturated rings. The van der Waals surface area contributed by atoms with E-state index >= 15 is 0 Å². The smallest absolute Gasteiger partial charge is 0.342 e. The summed E-state index contributed by atoms with van der Waals surface area (Å²) >= 11 is 0. The minimum atomic E-state index is -0.585. The summed E-state index contributed by atoms with van der Waals surface area (Å²) in [5.41, 5.74) is 0.440. The average Bonchev–Trinajstić information content (AvgIpc) is 2.42. The Balaban J connectivity index is 2.72. The molecule has 0 saturated carbocycles. The van der Waals surface area contributed by atoms with E-state index in [4.69, 9.17) is 0 Å². The van der Waals surface area contributed by atoms with Crippen LogP contribution in [-0.4, -0.2) is 16.2 Å². The molecular formula is C8H6O4. The summed E-state index contributed by atoms with van der Waals surface area (Å²) in [5, 5.41) is 18.4. The molecule has 1 aromatic carbocycles. The number of hydrogen-bond acceptors (Lipinski definition) is 4. The van der Waals surface area contributed by atoms with E-state index in [0.29, 0.717) is 5.56 Å². The Morgan fingerprint density at radius 1 is 1.25 bits per heavy atom. The maximum Gasteiger partial charge on any atom is 0.342 e. The van der Waals surface area contributed by atoms with Crippen LogP contribution in [0.5, 0.6) is 11.5 Å². The van der Waals surface area contributed by atoms with Crippen molar-refractivity contribution in [3.63, 3.8) is 0 Å². The molecule has 4 nitrogen and oxygen atoms in total. The van der Waals surface area contributed by atoms with Crippen LogP contribution in [-0.2, 0) is 11.3 Å². The topological polar surface area (TPSA) is 66.8 Å². The molecule has 0 aromatic heterocycles. The number of carbonyl (C=O) groups excluding carboxylic acids is 1. The third-order valence-electron chi connectivity index (χ3n) is 1.82. The van der Waals surface area contributed by atoms with Crippen LogP contribution < -0.4 is 0 Å². The number of carbonyl (C=O) groups is 1. The number of phenols is 2. The summed E-state index contributed by atoms with van der Waals surface area (Å²) < 4.78 is 4.63. The Kier molecular flexibility index (Phi) is 1.24. The number of aromatic hydroxyl groups is 2. The lowest BCUT2D eigenvalue weighted by Crippen LogP contribution is -1.93. The van der Waals surface area contributed by atoms with Gasteiger partial charge in [-0.2, -0.15) is 0 Å². The minimum absolute atomic E-state index is 0.0198. The van der Waals surface area contributed by atoms with E-state index in [1.54, 1.807) is 0 Å². The van der Waals surface area contributed by atoms with Crippen LogP contribution in [0.4, 0.5) is 0 Å². The van der Waals surface area contributed by atoms with Crippen molar-refractivity contribution in [3.8, 4) is 11.5 Å². The fraction of sp³-hybridized carbons (Fsp3) is 0.125. The second kappa shape index (κ2) is 2.14. The van der Waals surface area contributed by atoms with Crippen molar-refractivity contribution >= 4 is 5.97 Å². The zero-order chi connectivity index (χ0) is 8.72. The highest BCUT2D eigenvalue weighted by molar-refractivity contribution is 5.97. The predicted molar refractivity (Wildman–Crippen MR) is 38.9 cm³/mol. The molecule has 0 radical (unpaired) electrons. The molecule has 0 unspecified atom stereocenters. The van der Waals surface area contributed by atoms with Gasteiger partial charge in [0, 0.05) is 5.56 Å². The van der Waals surface area contributed by atoms with Crippen LogP contribution in [0.2, 0.25) is 0 Å². The average molecular weight is 166 g/mol. The van der Waals surface area contributed by atoms with Crippen LogP contribution >= 0.6 is 0 Å². The van der Waals surface area contributed by atoms with Crippen molar-refractivity contribution in [1.82, 2.24) is 0 Å². The van der Waals surface area contributed by atoms with Gasteiger partial charge in [0.15, 0.2) is 0 Å². The molecule has 2 N–H and O–H groups in total. The third kappa shape index (κ3) is 0.747. The van der Waals surface area contributed by atoms with Crippen LogP contribution in [0.3, 0.4) is 0 Å². The lowest BCUT2D eigenvalue weighted by atomic mass is 10.1. The molecule has 12 heavy (non-hydrogen) atoms. The number of cyclic esters (lactones) is 1. The Labute approximate surface area is 68.0 Å². The number of fused-ring (bicyclic) bond motifs is 1. The van der Waals surface area contributed by atoms with Gasteiger partial charge in [-0.3, -0.25) is 0 Å². The van der Waals surface area contributed by atoms with Gasteiger partial charge in [0.25, 0.3) is 0 Å². The first-order valence-corrected chi connectivity index (χ1v) is 3.41. The lowest BCUT2D eigenvalue weighted by molar-refractivity contribution is 0.0532. The summed E-state index contributed by atoms with van der Waals surface area (Å²) in [6.07, 6.45) is 0. The van der Waals surface area contributed by atoms with E-state index in [-0.39, 0.29) is 23.7 Å². The zero-order valence-corrected chi connectivity index (χ0v) is 6.07. The molecule has 1 aliphatic heterocycles. The van der Waals surface area contributed by atoms with E-state index in [1.807, 2.05) is 0 Å². The molecule has 0 amide bonds. The van der Waals surface area contributed by atoms with Gasteiger partial charge in [-0.1, -0.05) is 0 Å². The fourth-order valence-corrected chi connectivity index (χ4v) is 1.21. The van der Waals surface area contributed by atoms with E-state index in [0.717, 1.165) is 0 Å². The number of benzene rings is 1. The molecule has 1 aromatic rings. The molecule has 0 atom stereocenters. The summed E-state index contributed by atoms with van der Waals surface area (Å²) in [7, 11) is 0. The number of hydrogen-bond donors (Lipinski definition) is 2. The van der Waals surface area contributed by atoms with E-state index in [9.17, 15) is 15.0 Å². The quantitative estimate of drug-likeness (QED) is 0.441. The van der Waals surface area contributed by atoms with Gasteiger partial charge in [0.05, 0.1) is 0 Å². The highest BCUT2D eigenvalue weighted by Gasteiger charge is 2.27. The van der Waals surface area contributed by atoms with Crippen molar-refractivity contribution in [3.05, 3.63) is 23.3 Å². The summed E-state index contributed by atoms with van der Waals surface area (Å²) in [6.45, 7) is 0.0361. The van der Waals surface area contributed by atoms with Crippen LogP contribution in [0, 0.1) is 0 Å². The maximum absolute atomic E-state index is 10.9. The molecule has 1 heterocycles. The van der Waals surface area contributed by atoms with Crippen molar-refractivity contribution in [2.45, 2.75) is 6.61 Å². The summed E-state index contributed by atoms with van der Waals surface area (Å²) in [6, 6.07) is 2.59. The first kappa shape index (κ1) is 6.97. The van der Waals surface area contributed by atoms with Crippen molar-refractivity contribution < 1.29 is 19.7 Å². The van der Waals surface area contributed by atoms with Gasteiger partial charge in [-0.15, -0.1) is 0 Å². The number of esters is 1. The molecule has 0 saturated heterocycles. The largest absolute Gasteiger partial charge is 0.508 e. The Morgan fingerprint density at radius 3 is 2.58 bits per heavy atom. The van der Waals surface area contributed by atoms with Crippen molar-refractivity contribution in [1.29, 1.82) is 0 Å². The Morgan fingerprint density at radius 2 is 1.92 bits per heavy atom. The van der Waals surface area contributed by atoms with Gasteiger partial charge < -0.3 is 14.9 Å². The molecule has 0 spiro atoms. The Bertz CT molecular complexity index is 356. The first-order valence-electron chi connectivity index (χ1n) is 3.41. The standard InChI is InChI=1S/C8H6O4/c9-5-1-2-6(10)7-4(5)3-12-8(7)11/h1-2,9-10H,3H2. The van der Waals surface area contributed by atoms with Gasteiger partial charge in [-0.05, 0) is 12.1 Å².